The lowest BCUT2D eigenvalue weighted by Gasteiger charge is -2.18. The predicted octanol–water partition coefficient (Wildman–Crippen LogP) is 2.26. The number of likely N-dealkylation sites (tertiary alicyclic amines) is 1. The molecule has 0 bridgehead atoms. The van der Waals surface area contributed by atoms with Gasteiger partial charge in [-0.1, -0.05) is 17.7 Å². The number of benzene rings is 1. The molecule has 21 heavy (non-hydrogen) atoms. The van der Waals surface area contributed by atoms with Gasteiger partial charge < -0.3 is 20.1 Å². The van der Waals surface area contributed by atoms with E-state index in [0.29, 0.717) is 37.0 Å². The van der Waals surface area contributed by atoms with Gasteiger partial charge in [0.25, 0.3) is 0 Å². The van der Waals surface area contributed by atoms with Gasteiger partial charge in [-0.3, -0.25) is 0 Å². The van der Waals surface area contributed by atoms with E-state index >= 15 is 0 Å². The van der Waals surface area contributed by atoms with Crippen LogP contribution in [0.3, 0.4) is 0 Å². The maximum atomic E-state index is 12.1. The highest BCUT2D eigenvalue weighted by Gasteiger charge is 2.25. The minimum absolute atomic E-state index is 0.108. The van der Waals surface area contributed by atoms with Crippen molar-refractivity contribution in [1.29, 1.82) is 0 Å². The van der Waals surface area contributed by atoms with Crippen LogP contribution in [-0.2, 0) is 6.54 Å². The zero-order valence-corrected chi connectivity index (χ0v) is 12.9. The van der Waals surface area contributed by atoms with Crippen molar-refractivity contribution in [2.45, 2.75) is 19.9 Å². The molecule has 1 saturated heterocycles. The van der Waals surface area contributed by atoms with Crippen LogP contribution in [-0.4, -0.2) is 42.3 Å². The van der Waals surface area contributed by atoms with Crippen LogP contribution >= 0.6 is 11.6 Å². The Labute approximate surface area is 129 Å². The molecule has 6 heteroatoms. The number of nitrogens with one attached hydrogen (secondary N) is 1. The van der Waals surface area contributed by atoms with Crippen molar-refractivity contribution in [3.63, 3.8) is 0 Å². The third-order valence-corrected chi connectivity index (χ3v) is 3.83. The summed E-state index contributed by atoms with van der Waals surface area (Å²) in [6, 6.07) is 5.28. The Morgan fingerprint density at radius 3 is 3.05 bits per heavy atom. The van der Waals surface area contributed by atoms with Crippen LogP contribution in [0.15, 0.2) is 18.2 Å². The summed E-state index contributed by atoms with van der Waals surface area (Å²) in [6.07, 6.45) is 0.856. The van der Waals surface area contributed by atoms with Crippen LogP contribution in [0.4, 0.5) is 4.79 Å². The third kappa shape index (κ3) is 4.25. The third-order valence-electron chi connectivity index (χ3n) is 3.59. The van der Waals surface area contributed by atoms with Gasteiger partial charge in [-0.25, -0.2) is 4.79 Å². The zero-order chi connectivity index (χ0) is 15.2. The Morgan fingerprint density at radius 2 is 2.38 bits per heavy atom. The van der Waals surface area contributed by atoms with Gasteiger partial charge in [0.1, 0.15) is 5.75 Å². The molecule has 0 spiro atoms. The summed E-state index contributed by atoms with van der Waals surface area (Å²) in [5, 5.41) is 12.6. The van der Waals surface area contributed by atoms with Crippen molar-refractivity contribution in [3.8, 4) is 5.75 Å². The number of urea groups is 1. The second-order valence-electron chi connectivity index (χ2n) is 5.13. The van der Waals surface area contributed by atoms with Crippen LogP contribution in [0.1, 0.15) is 18.9 Å². The van der Waals surface area contributed by atoms with Gasteiger partial charge in [0.15, 0.2) is 0 Å². The molecule has 0 aromatic heterocycles. The number of aliphatic hydroxyl groups excluding tert-OH is 1. The molecule has 1 unspecified atom stereocenters. The van der Waals surface area contributed by atoms with Crippen molar-refractivity contribution >= 4 is 17.6 Å². The molecule has 0 saturated carbocycles. The molecule has 0 radical (unpaired) electrons. The average Bonchev–Trinajstić information content (AvgIpc) is 2.95. The van der Waals surface area contributed by atoms with Gasteiger partial charge in [-0.2, -0.15) is 0 Å². The molecular formula is C15H21ClN2O3. The predicted molar refractivity (Wildman–Crippen MR) is 81.6 cm³/mol. The van der Waals surface area contributed by atoms with Gasteiger partial charge in [0.05, 0.1) is 6.61 Å². The first kappa shape index (κ1) is 15.9. The summed E-state index contributed by atoms with van der Waals surface area (Å²) in [5.41, 5.74) is 0.896. The Bertz CT molecular complexity index is 496. The molecule has 5 nitrogen and oxygen atoms in total. The number of nitrogens with zero attached hydrogens (tertiary/aromatic N) is 1. The summed E-state index contributed by atoms with van der Waals surface area (Å²) in [5.74, 6) is 0.894. The van der Waals surface area contributed by atoms with Crippen LogP contribution < -0.4 is 10.1 Å². The molecule has 116 valence electrons. The second-order valence-corrected chi connectivity index (χ2v) is 5.56. The maximum absolute atomic E-state index is 12.1. The number of hydrogen-bond acceptors (Lipinski definition) is 3. The zero-order valence-electron chi connectivity index (χ0n) is 12.1. The maximum Gasteiger partial charge on any atom is 0.317 e. The fraction of sp³-hybridized carbons (Fsp3) is 0.533. The molecule has 0 aliphatic carbocycles. The smallest absolute Gasteiger partial charge is 0.317 e. The second kappa shape index (κ2) is 7.52. The minimum Gasteiger partial charge on any atom is -0.493 e. The largest absolute Gasteiger partial charge is 0.493 e. The summed E-state index contributed by atoms with van der Waals surface area (Å²) >= 11 is 5.95. The highest BCUT2D eigenvalue weighted by molar-refractivity contribution is 6.30. The van der Waals surface area contributed by atoms with Crippen molar-refractivity contribution in [1.82, 2.24) is 10.2 Å². The Hall–Kier alpha value is -1.46. The standard InChI is InChI=1S/C15H21ClN2O3/c1-2-21-14-7-13(16)4-3-12(14)8-17-15(20)18-6-5-11(9-18)10-19/h3-4,7,11,19H,2,5-6,8-10H2,1H3,(H,17,20). The molecule has 1 heterocycles. The van der Waals surface area contributed by atoms with Gasteiger partial charge in [0, 0.05) is 42.7 Å². The van der Waals surface area contributed by atoms with E-state index in [1.54, 1.807) is 17.0 Å². The van der Waals surface area contributed by atoms with Crippen LogP contribution in [0.25, 0.3) is 0 Å². The van der Waals surface area contributed by atoms with Gasteiger partial charge in [-0.15, -0.1) is 0 Å². The highest BCUT2D eigenvalue weighted by atomic mass is 35.5. The molecular weight excluding hydrogens is 292 g/mol. The molecule has 1 aromatic carbocycles. The van der Waals surface area contributed by atoms with E-state index in [0.717, 1.165) is 12.0 Å². The number of carbonyl (C=O) groups is 1. The van der Waals surface area contributed by atoms with E-state index in [4.69, 9.17) is 21.4 Å². The Morgan fingerprint density at radius 1 is 1.57 bits per heavy atom. The van der Waals surface area contributed by atoms with Crippen LogP contribution in [0.2, 0.25) is 5.02 Å². The number of carbonyl (C=O) groups excluding carboxylic acids is 1. The normalized spacial score (nSPS) is 17.9. The highest BCUT2D eigenvalue weighted by Crippen LogP contribution is 2.23. The quantitative estimate of drug-likeness (QED) is 0.876. The van der Waals surface area contributed by atoms with E-state index in [9.17, 15) is 4.79 Å². The first-order chi connectivity index (χ1) is 10.1. The SMILES string of the molecule is CCOc1cc(Cl)ccc1CNC(=O)N1CCC(CO)C1. The van der Waals surface area contributed by atoms with E-state index in [2.05, 4.69) is 5.32 Å². The van der Waals surface area contributed by atoms with Crippen molar-refractivity contribution < 1.29 is 14.6 Å². The van der Waals surface area contributed by atoms with Gasteiger partial charge in [0.2, 0.25) is 0 Å². The molecule has 1 aliphatic heterocycles. The molecule has 1 aliphatic rings. The summed E-state index contributed by atoms with van der Waals surface area (Å²) < 4.78 is 5.53. The Balaban J connectivity index is 1.92. The van der Waals surface area contributed by atoms with E-state index in [1.165, 1.54) is 0 Å². The topological polar surface area (TPSA) is 61.8 Å². The number of halogens is 1. The van der Waals surface area contributed by atoms with E-state index < -0.39 is 0 Å². The molecule has 2 amide bonds. The number of amides is 2. The van der Waals surface area contributed by atoms with E-state index in [-0.39, 0.29) is 18.6 Å². The fourth-order valence-electron chi connectivity index (χ4n) is 2.41. The number of aliphatic hydroxyl groups is 1. The molecule has 1 atom stereocenters. The number of hydrogen-bond donors (Lipinski definition) is 2. The van der Waals surface area contributed by atoms with Crippen LogP contribution in [0.5, 0.6) is 5.75 Å². The summed E-state index contributed by atoms with van der Waals surface area (Å²) in [7, 11) is 0. The molecule has 2 rings (SSSR count). The molecule has 1 fully saturated rings. The van der Waals surface area contributed by atoms with Crippen molar-refractivity contribution in [2.24, 2.45) is 5.92 Å². The Kier molecular flexibility index (Phi) is 5.70. The average molecular weight is 313 g/mol. The van der Waals surface area contributed by atoms with Gasteiger partial charge >= 0.3 is 6.03 Å². The lowest BCUT2D eigenvalue weighted by atomic mass is 10.1. The van der Waals surface area contributed by atoms with Crippen LogP contribution in [0, 0.1) is 5.92 Å². The number of ether oxygens (including phenoxy) is 1. The fourth-order valence-corrected chi connectivity index (χ4v) is 2.58. The summed E-state index contributed by atoms with van der Waals surface area (Å²) in [4.78, 5) is 13.8. The summed E-state index contributed by atoms with van der Waals surface area (Å²) in [6.45, 7) is 4.28. The first-order valence-electron chi connectivity index (χ1n) is 7.19. The van der Waals surface area contributed by atoms with Gasteiger partial charge in [-0.05, 0) is 25.5 Å². The number of rotatable bonds is 5. The van der Waals surface area contributed by atoms with E-state index in [1.807, 2.05) is 13.0 Å². The lowest BCUT2D eigenvalue weighted by Crippen LogP contribution is -2.38. The monoisotopic (exact) mass is 312 g/mol. The molecule has 1 aromatic rings. The molecule has 2 N–H and O–H groups in total. The first-order valence-corrected chi connectivity index (χ1v) is 7.56. The van der Waals surface area contributed by atoms with Crippen molar-refractivity contribution in [3.05, 3.63) is 28.8 Å². The van der Waals surface area contributed by atoms with Crippen molar-refractivity contribution in [2.75, 3.05) is 26.3 Å². The lowest BCUT2D eigenvalue weighted by molar-refractivity contribution is 0.198. The minimum atomic E-state index is -0.108.